The Balaban J connectivity index is 1.80. The zero-order valence-corrected chi connectivity index (χ0v) is 19.9. The number of aliphatic hydroxyl groups excluding tert-OH is 1. The molecule has 0 amide bonds. The number of Topliss-reactive ketones (excluding diaryl/α,β-unsaturated/α-hetero) is 1. The van der Waals surface area contributed by atoms with Crippen LogP contribution in [0.3, 0.4) is 0 Å². The van der Waals surface area contributed by atoms with Crippen LogP contribution in [0, 0.1) is 22.6 Å². The number of rotatable bonds is 5. The van der Waals surface area contributed by atoms with Gasteiger partial charge in [-0.25, -0.2) is 4.39 Å². The van der Waals surface area contributed by atoms with E-state index in [1.807, 2.05) is 31.2 Å². The highest BCUT2D eigenvalue weighted by Gasteiger charge is 2.58. The predicted octanol–water partition coefficient (Wildman–Crippen LogP) is 5.62. The fourth-order valence-corrected chi connectivity index (χ4v) is 6.18. The van der Waals surface area contributed by atoms with E-state index >= 15 is 0 Å². The number of fused-ring (bicyclic) bond motifs is 1. The Morgan fingerprint density at radius 3 is 2.30 bits per heavy atom. The van der Waals surface area contributed by atoms with E-state index in [1.165, 1.54) is 12.1 Å². The van der Waals surface area contributed by atoms with E-state index in [-0.39, 0.29) is 17.5 Å². The summed E-state index contributed by atoms with van der Waals surface area (Å²) in [6, 6.07) is 11.9. The lowest BCUT2D eigenvalue weighted by atomic mass is 9.47. The standard InChI is InChI=1S/C28H33FO4/c1-27-17-20(12-18-8-10-21(29)11-9-18)26(31)28(2,24(27)6-5-7-25(27)30)16-19-13-22(32-3)15-23(14-19)33-4/h8-15,24-25,30H,5-7,16-17H2,1-4H3/b20-12+/t24?,25-,27-,28?/m0/s1. The number of aliphatic hydroxyl groups is 1. The average Bonchev–Trinajstić information content (AvgIpc) is 2.80. The van der Waals surface area contributed by atoms with Crippen molar-refractivity contribution in [2.45, 2.75) is 52.1 Å². The maximum Gasteiger partial charge on any atom is 0.165 e. The lowest BCUT2D eigenvalue weighted by Crippen LogP contribution is -2.57. The van der Waals surface area contributed by atoms with Gasteiger partial charge in [0.2, 0.25) is 0 Å². The number of hydrogen-bond donors (Lipinski definition) is 1. The van der Waals surface area contributed by atoms with Crippen LogP contribution in [-0.4, -0.2) is 31.2 Å². The zero-order chi connectivity index (χ0) is 23.8. The molecule has 4 nitrogen and oxygen atoms in total. The van der Waals surface area contributed by atoms with Gasteiger partial charge in [0, 0.05) is 16.9 Å². The van der Waals surface area contributed by atoms with Gasteiger partial charge >= 0.3 is 0 Å². The summed E-state index contributed by atoms with van der Waals surface area (Å²) in [4.78, 5) is 14.0. The highest BCUT2D eigenvalue weighted by atomic mass is 19.1. The van der Waals surface area contributed by atoms with Gasteiger partial charge in [0.05, 0.1) is 20.3 Å². The van der Waals surface area contributed by atoms with Crippen LogP contribution < -0.4 is 9.47 Å². The molecule has 2 unspecified atom stereocenters. The molecule has 0 radical (unpaired) electrons. The van der Waals surface area contributed by atoms with Crippen molar-refractivity contribution in [2.75, 3.05) is 14.2 Å². The average molecular weight is 453 g/mol. The summed E-state index contributed by atoms with van der Waals surface area (Å²) in [5.41, 5.74) is 1.34. The van der Waals surface area contributed by atoms with Gasteiger partial charge in [-0.05, 0) is 78.6 Å². The van der Waals surface area contributed by atoms with Gasteiger partial charge in [-0.2, -0.15) is 0 Å². The summed E-state index contributed by atoms with van der Waals surface area (Å²) in [6.45, 7) is 4.16. The number of ketones is 1. The summed E-state index contributed by atoms with van der Waals surface area (Å²) >= 11 is 0. The minimum absolute atomic E-state index is 0.0452. The molecule has 2 aromatic rings. The molecule has 5 heteroatoms. The van der Waals surface area contributed by atoms with Crippen LogP contribution in [0.25, 0.3) is 6.08 Å². The quantitative estimate of drug-likeness (QED) is 0.599. The predicted molar refractivity (Wildman–Crippen MR) is 127 cm³/mol. The lowest BCUT2D eigenvalue weighted by molar-refractivity contribution is -0.148. The van der Waals surface area contributed by atoms with Crippen molar-refractivity contribution >= 4 is 11.9 Å². The molecule has 0 spiro atoms. The van der Waals surface area contributed by atoms with Gasteiger partial charge in [-0.3, -0.25) is 4.79 Å². The van der Waals surface area contributed by atoms with Crippen molar-refractivity contribution in [3.8, 4) is 11.5 Å². The summed E-state index contributed by atoms with van der Waals surface area (Å²) < 4.78 is 24.3. The monoisotopic (exact) mass is 452 g/mol. The fraction of sp³-hybridized carbons (Fsp3) is 0.464. The van der Waals surface area contributed by atoms with E-state index in [0.29, 0.717) is 29.9 Å². The highest BCUT2D eigenvalue weighted by Crippen LogP contribution is 2.59. The van der Waals surface area contributed by atoms with E-state index in [4.69, 9.17) is 9.47 Å². The van der Waals surface area contributed by atoms with Gasteiger partial charge in [-0.15, -0.1) is 0 Å². The van der Waals surface area contributed by atoms with Gasteiger partial charge < -0.3 is 14.6 Å². The molecule has 2 saturated carbocycles. The molecular weight excluding hydrogens is 419 g/mol. The van der Waals surface area contributed by atoms with Crippen molar-refractivity contribution in [1.82, 2.24) is 0 Å². The molecule has 2 aromatic carbocycles. The molecule has 2 aliphatic rings. The van der Waals surface area contributed by atoms with Crippen LogP contribution in [-0.2, 0) is 11.2 Å². The first kappa shape index (κ1) is 23.5. The minimum Gasteiger partial charge on any atom is -0.497 e. The molecule has 0 aromatic heterocycles. The van der Waals surface area contributed by atoms with Crippen LogP contribution in [0.15, 0.2) is 48.0 Å². The molecule has 33 heavy (non-hydrogen) atoms. The molecule has 2 fully saturated rings. The lowest BCUT2D eigenvalue weighted by Gasteiger charge is -2.56. The highest BCUT2D eigenvalue weighted by molar-refractivity contribution is 6.04. The fourth-order valence-electron chi connectivity index (χ4n) is 6.18. The van der Waals surface area contributed by atoms with E-state index in [2.05, 4.69) is 6.92 Å². The molecule has 4 rings (SSSR count). The SMILES string of the molecule is COc1cc(CC2(C)C(=O)/C(=C/c3ccc(F)cc3)C[C@@]3(C)C2CCC[C@@H]3O)cc(OC)c1. The number of carbonyl (C=O) groups is 1. The molecular formula is C28H33FO4. The number of methoxy groups -OCH3 is 2. The first-order chi connectivity index (χ1) is 15.7. The Morgan fingerprint density at radius 2 is 1.70 bits per heavy atom. The Labute approximate surface area is 195 Å². The van der Waals surface area contributed by atoms with Gasteiger partial charge in [0.15, 0.2) is 5.78 Å². The van der Waals surface area contributed by atoms with Gasteiger partial charge in [-0.1, -0.05) is 32.4 Å². The van der Waals surface area contributed by atoms with E-state index in [9.17, 15) is 14.3 Å². The Bertz CT molecular complexity index is 1040. The first-order valence-electron chi connectivity index (χ1n) is 11.6. The number of benzene rings is 2. The normalized spacial score (nSPS) is 30.7. The van der Waals surface area contributed by atoms with Crippen molar-refractivity contribution in [3.05, 3.63) is 65.0 Å². The van der Waals surface area contributed by atoms with Crippen molar-refractivity contribution in [2.24, 2.45) is 16.7 Å². The van der Waals surface area contributed by atoms with Crippen LogP contribution >= 0.6 is 0 Å². The number of hydrogen-bond acceptors (Lipinski definition) is 4. The zero-order valence-electron chi connectivity index (χ0n) is 19.9. The third-order valence-corrected chi connectivity index (χ3v) is 7.87. The molecule has 0 heterocycles. The van der Waals surface area contributed by atoms with E-state index in [1.54, 1.807) is 26.4 Å². The topological polar surface area (TPSA) is 55.8 Å². The maximum atomic E-state index is 14.0. The van der Waals surface area contributed by atoms with Crippen molar-refractivity contribution in [1.29, 1.82) is 0 Å². The summed E-state index contributed by atoms with van der Waals surface area (Å²) in [5.74, 6) is 1.21. The first-order valence-corrected chi connectivity index (χ1v) is 11.6. The second-order valence-corrected chi connectivity index (χ2v) is 10.0. The molecule has 4 atom stereocenters. The van der Waals surface area contributed by atoms with Gasteiger partial charge in [0.1, 0.15) is 17.3 Å². The summed E-state index contributed by atoms with van der Waals surface area (Å²) in [7, 11) is 3.23. The number of halogens is 1. The summed E-state index contributed by atoms with van der Waals surface area (Å²) in [5, 5.41) is 11.1. The second kappa shape index (κ2) is 8.94. The van der Waals surface area contributed by atoms with Crippen molar-refractivity contribution < 1.29 is 23.8 Å². The molecule has 2 aliphatic carbocycles. The maximum absolute atomic E-state index is 14.0. The number of allylic oxidation sites excluding steroid dienone is 1. The Hall–Kier alpha value is -2.66. The van der Waals surface area contributed by atoms with Gasteiger partial charge in [0.25, 0.3) is 0 Å². The summed E-state index contributed by atoms with van der Waals surface area (Å²) in [6.07, 6.45) is 4.99. The molecule has 176 valence electrons. The van der Waals surface area contributed by atoms with E-state index < -0.39 is 16.9 Å². The van der Waals surface area contributed by atoms with Crippen LogP contribution in [0.4, 0.5) is 4.39 Å². The third-order valence-electron chi connectivity index (χ3n) is 7.87. The van der Waals surface area contributed by atoms with E-state index in [0.717, 1.165) is 30.4 Å². The van der Waals surface area contributed by atoms with Crippen LogP contribution in [0.2, 0.25) is 0 Å². The number of carbonyl (C=O) groups excluding carboxylic acids is 1. The molecule has 1 N–H and O–H groups in total. The number of ether oxygens (including phenoxy) is 2. The Kier molecular flexibility index (Phi) is 6.37. The smallest absolute Gasteiger partial charge is 0.165 e. The minimum atomic E-state index is -0.697. The molecule has 0 saturated heterocycles. The molecule has 0 aliphatic heterocycles. The second-order valence-electron chi connectivity index (χ2n) is 10.0. The van der Waals surface area contributed by atoms with Crippen LogP contribution in [0.1, 0.15) is 50.7 Å². The van der Waals surface area contributed by atoms with Crippen LogP contribution in [0.5, 0.6) is 11.5 Å². The third kappa shape index (κ3) is 4.31. The van der Waals surface area contributed by atoms with Crippen molar-refractivity contribution in [3.63, 3.8) is 0 Å². The molecule has 0 bridgehead atoms. The largest absolute Gasteiger partial charge is 0.497 e. The Morgan fingerprint density at radius 1 is 1.06 bits per heavy atom.